The molecule has 0 spiro atoms. The van der Waals surface area contributed by atoms with E-state index in [-0.39, 0.29) is 18.6 Å². The van der Waals surface area contributed by atoms with E-state index in [2.05, 4.69) is 15.5 Å². The van der Waals surface area contributed by atoms with Crippen molar-refractivity contribution in [1.29, 1.82) is 0 Å². The topological polar surface area (TPSA) is 94.3 Å². The molecule has 4 rings (SSSR count). The lowest BCUT2D eigenvalue weighted by molar-refractivity contribution is -0.124. The van der Waals surface area contributed by atoms with Crippen molar-refractivity contribution in [1.82, 2.24) is 15.5 Å². The van der Waals surface area contributed by atoms with E-state index in [1.54, 1.807) is 24.3 Å². The lowest BCUT2D eigenvalue weighted by Crippen LogP contribution is -2.31. The average molecular weight is 470 g/mol. The fourth-order valence-corrected chi connectivity index (χ4v) is 3.63. The predicted molar refractivity (Wildman–Crippen MR) is 133 cm³/mol. The van der Waals surface area contributed by atoms with Crippen LogP contribution in [0.4, 0.5) is 0 Å². The monoisotopic (exact) mass is 469 g/mol. The zero-order valence-corrected chi connectivity index (χ0v) is 20.2. The fraction of sp³-hybridized carbons (Fsp3) is 0.214. The molecule has 178 valence electrons. The second kappa shape index (κ2) is 10.3. The summed E-state index contributed by atoms with van der Waals surface area (Å²) in [6.45, 7) is 7.58. The van der Waals surface area contributed by atoms with Crippen LogP contribution in [0.5, 0.6) is 0 Å². The first-order valence-electron chi connectivity index (χ1n) is 11.4. The smallest absolute Gasteiger partial charge is 0.338 e. The van der Waals surface area contributed by atoms with Gasteiger partial charge >= 0.3 is 5.97 Å². The number of rotatable bonds is 7. The number of carbonyl (C=O) groups is 2. The Bertz CT molecular complexity index is 1360. The summed E-state index contributed by atoms with van der Waals surface area (Å²) in [6, 6.07) is 20.2. The van der Waals surface area contributed by atoms with Gasteiger partial charge < -0.3 is 14.5 Å². The second-order valence-electron chi connectivity index (χ2n) is 8.51. The van der Waals surface area contributed by atoms with Gasteiger partial charge in [0.1, 0.15) is 0 Å². The van der Waals surface area contributed by atoms with E-state index >= 15 is 0 Å². The third kappa shape index (κ3) is 5.63. The Balaban J connectivity index is 1.33. The molecule has 1 unspecified atom stereocenters. The molecule has 7 nitrogen and oxygen atoms in total. The van der Waals surface area contributed by atoms with E-state index < -0.39 is 5.97 Å². The number of nitrogens with one attached hydrogen (secondary N) is 1. The van der Waals surface area contributed by atoms with Crippen molar-refractivity contribution in [2.75, 3.05) is 6.61 Å². The maximum atomic E-state index is 12.4. The van der Waals surface area contributed by atoms with Gasteiger partial charge in [-0.2, -0.15) is 0 Å². The molecular formula is C28H27N3O4. The van der Waals surface area contributed by atoms with Gasteiger partial charge in [0.25, 0.3) is 5.91 Å². The van der Waals surface area contributed by atoms with Crippen molar-refractivity contribution < 1.29 is 18.7 Å². The molecule has 1 N–H and O–H groups in total. The highest BCUT2D eigenvalue weighted by atomic mass is 16.5. The van der Waals surface area contributed by atoms with Crippen LogP contribution in [-0.4, -0.2) is 28.7 Å². The summed E-state index contributed by atoms with van der Waals surface area (Å²) in [7, 11) is 0. The molecule has 4 aromatic rings. The molecule has 0 fully saturated rings. The molecule has 0 saturated heterocycles. The Morgan fingerprint density at radius 3 is 2.31 bits per heavy atom. The van der Waals surface area contributed by atoms with Crippen LogP contribution in [0, 0.1) is 20.8 Å². The van der Waals surface area contributed by atoms with Crippen LogP contribution in [0.3, 0.4) is 0 Å². The van der Waals surface area contributed by atoms with Crippen molar-refractivity contribution >= 4 is 11.9 Å². The summed E-state index contributed by atoms with van der Waals surface area (Å²) in [5.74, 6) is -0.169. The number of nitrogens with zero attached hydrogens (tertiary/aromatic N) is 2. The highest BCUT2D eigenvalue weighted by Gasteiger charge is 2.16. The van der Waals surface area contributed by atoms with E-state index in [1.165, 1.54) is 5.56 Å². The molecule has 0 saturated carbocycles. The Morgan fingerprint density at radius 1 is 0.886 bits per heavy atom. The maximum absolute atomic E-state index is 12.4. The van der Waals surface area contributed by atoms with Crippen molar-refractivity contribution in [3.63, 3.8) is 0 Å². The molecule has 1 heterocycles. The molecule has 1 amide bonds. The molecule has 0 aliphatic heterocycles. The van der Waals surface area contributed by atoms with Crippen molar-refractivity contribution in [2.45, 2.75) is 33.7 Å². The number of carbonyl (C=O) groups excluding carboxylic acids is 2. The number of hydrogen-bond acceptors (Lipinski definition) is 6. The van der Waals surface area contributed by atoms with Crippen LogP contribution in [0.1, 0.15) is 45.6 Å². The molecule has 35 heavy (non-hydrogen) atoms. The van der Waals surface area contributed by atoms with E-state index in [1.807, 2.05) is 70.2 Å². The van der Waals surface area contributed by atoms with Crippen LogP contribution in [0.2, 0.25) is 0 Å². The minimum absolute atomic E-state index is 0.196. The second-order valence-corrected chi connectivity index (χ2v) is 8.51. The normalized spacial score (nSPS) is 11.7. The first-order valence-corrected chi connectivity index (χ1v) is 11.4. The van der Waals surface area contributed by atoms with Gasteiger partial charge in [0.2, 0.25) is 11.8 Å². The maximum Gasteiger partial charge on any atom is 0.338 e. The molecule has 1 atom stereocenters. The lowest BCUT2D eigenvalue weighted by Gasteiger charge is -2.15. The van der Waals surface area contributed by atoms with Crippen LogP contribution in [0.15, 0.2) is 71.1 Å². The van der Waals surface area contributed by atoms with Gasteiger partial charge in [-0.25, -0.2) is 4.79 Å². The molecule has 1 aromatic heterocycles. The van der Waals surface area contributed by atoms with Crippen molar-refractivity contribution in [3.8, 4) is 22.9 Å². The summed E-state index contributed by atoms with van der Waals surface area (Å²) in [6.07, 6.45) is 0. The highest BCUT2D eigenvalue weighted by Crippen LogP contribution is 2.26. The minimum Gasteiger partial charge on any atom is -0.452 e. The van der Waals surface area contributed by atoms with Gasteiger partial charge in [0.15, 0.2) is 6.61 Å². The predicted octanol–water partition coefficient (Wildman–Crippen LogP) is 5.36. The number of hydrogen-bond donors (Lipinski definition) is 1. The summed E-state index contributed by atoms with van der Waals surface area (Å²) in [5.41, 5.74) is 6.25. The third-order valence-electron chi connectivity index (χ3n) is 5.91. The SMILES string of the molecule is Cc1ccc(C(C)NC(=O)COC(=O)c2ccc(-c3nnc(-c4ccccc4C)o3)cc2)cc1C. The number of benzene rings is 3. The number of aryl methyl sites for hydroxylation is 3. The Hall–Kier alpha value is -4.26. The molecular weight excluding hydrogens is 442 g/mol. The van der Waals surface area contributed by atoms with Crippen LogP contribution >= 0.6 is 0 Å². The van der Waals surface area contributed by atoms with Gasteiger partial charge in [-0.3, -0.25) is 4.79 Å². The van der Waals surface area contributed by atoms with E-state index in [0.29, 0.717) is 22.9 Å². The molecule has 0 bridgehead atoms. The summed E-state index contributed by atoms with van der Waals surface area (Å²) >= 11 is 0. The largest absolute Gasteiger partial charge is 0.452 e. The van der Waals surface area contributed by atoms with Crippen LogP contribution < -0.4 is 5.32 Å². The summed E-state index contributed by atoms with van der Waals surface area (Å²) in [5, 5.41) is 11.1. The van der Waals surface area contributed by atoms with Gasteiger partial charge in [-0.05, 0) is 80.3 Å². The van der Waals surface area contributed by atoms with E-state index in [0.717, 1.165) is 22.3 Å². The minimum atomic E-state index is -0.586. The average Bonchev–Trinajstić information content (AvgIpc) is 3.34. The number of amides is 1. The number of aromatic nitrogens is 2. The molecule has 7 heteroatoms. The van der Waals surface area contributed by atoms with Crippen LogP contribution in [0.25, 0.3) is 22.9 Å². The Kier molecular flexibility index (Phi) is 7.06. The molecule has 0 radical (unpaired) electrons. The first kappa shape index (κ1) is 23.9. The number of esters is 1. The third-order valence-corrected chi connectivity index (χ3v) is 5.91. The zero-order chi connectivity index (χ0) is 24.9. The van der Waals surface area contributed by atoms with Gasteiger partial charge in [0, 0.05) is 11.1 Å². The van der Waals surface area contributed by atoms with Crippen LogP contribution in [-0.2, 0) is 9.53 Å². The zero-order valence-electron chi connectivity index (χ0n) is 20.2. The van der Waals surface area contributed by atoms with Crippen molar-refractivity contribution in [3.05, 3.63) is 94.5 Å². The molecule has 0 aliphatic rings. The van der Waals surface area contributed by atoms with E-state index in [4.69, 9.17) is 9.15 Å². The Labute approximate surface area is 204 Å². The standard InChI is InChI=1S/C28H27N3O4/c1-17-9-10-23(15-19(17)3)20(4)29-25(32)16-34-28(33)22-13-11-21(12-14-22)26-30-31-27(35-26)24-8-6-5-7-18(24)2/h5-15,20H,16H2,1-4H3,(H,29,32). The summed E-state index contributed by atoms with van der Waals surface area (Å²) < 4.78 is 11.0. The van der Waals surface area contributed by atoms with Gasteiger partial charge in [-0.15, -0.1) is 10.2 Å². The number of ether oxygens (including phenoxy) is 1. The van der Waals surface area contributed by atoms with E-state index in [9.17, 15) is 9.59 Å². The fourth-order valence-electron chi connectivity index (χ4n) is 3.63. The van der Waals surface area contributed by atoms with Gasteiger partial charge in [-0.1, -0.05) is 36.4 Å². The molecule has 3 aromatic carbocycles. The lowest BCUT2D eigenvalue weighted by atomic mass is 10.0. The Morgan fingerprint density at radius 2 is 1.60 bits per heavy atom. The molecule has 0 aliphatic carbocycles. The van der Waals surface area contributed by atoms with Crippen molar-refractivity contribution in [2.24, 2.45) is 0 Å². The quantitative estimate of drug-likeness (QED) is 0.366. The first-order chi connectivity index (χ1) is 16.8. The highest BCUT2D eigenvalue weighted by molar-refractivity contribution is 5.91. The summed E-state index contributed by atoms with van der Waals surface area (Å²) in [4.78, 5) is 24.7. The van der Waals surface area contributed by atoms with Gasteiger partial charge in [0.05, 0.1) is 11.6 Å².